The Bertz CT molecular complexity index is 346. The third-order valence-electron chi connectivity index (χ3n) is 2.80. The molecule has 1 aliphatic carbocycles. The zero-order valence-corrected chi connectivity index (χ0v) is 8.97. The SMILES string of the molecule is Cc1cc(Cl)cc(C(=O)C2CCC2)c1. The van der Waals surface area contributed by atoms with Crippen molar-refractivity contribution in [3.63, 3.8) is 0 Å². The largest absolute Gasteiger partial charge is 0.294 e. The van der Waals surface area contributed by atoms with Gasteiger partial charge in [-0.05, 0) is 43.5 Å². The Labute approximate surface area is 89.1 Å². The fourth-order valence-electron chi connectivity index (χ4n) is 1.78. The van der Waals surface area contributed by atoms with E-state index in [-0.39, 0.29) is 11.7 Å². The molecule has 0 N–H and O–H groups in total. The standard InChI is InChI=1S/C12H13ClO/c1-8-5-10(7-11(13)6-8)12(14)9-3-2-4-9/h5-7,9H,2-4H2,1H3. The molecule has 1 aliphatic rings. The average molecular weight is 209 g/mol. The first-order valence-corrected chi connectivity index (χ1v) is 5.36. The van der Waals surface area contributed by atoms with Gasteiger partial charge in [0.2, 0.25) is 0 Å². The Morgan fingerprint density at radius 1 is 1.36 bits per heavy atom. The predicted octanol–water partition coefficient (Wildman–Crippen LogP) is 3.63. The lowest BCUT2D eigenvalue weighted by atomic mass is 9.80. The highest BCUT2D eigenvalue weighted by Gasteiger charge is 2.26. The Morgan fingerprint density at radius 2 is 2.07 bits per heavy atom. The van der Waals surface area contributed by atoms with Crippen molar-refractivity contribution in [3.8, 4) is 0 Å². The van der Waals surface area contributed by atoms with Gasteiger partial charge in [0.15, 0.2) is 5.78 Å². The zero-order valence-electron chi connectivity index (χ0n) is 8.22. The number of hydrogen-bond acceptors (Lipinski definition) is 1. The maximum atomic E-state index is 11.9. The van der Waals surface area contributed by atoms with Crippen LogP contribution in [0.5, 0.6) is 0 Å². The summed E-state index contributed by atoms with van der Waals surface area (Å²) in [7, 11) is 0. The molecule has 1 nitrogen and oxygen atoms in total. The van der Waals surface area contributed by atoms with E-state index in [1.165, 1.54) is 6.42 Å². The summed E-state index contributed by atoms with van der Waals surface area (Å²) >= 11 is 5.91. The zero-order chi connectivity index (χ0) is 10.1. The van der Waals surface area contributed by atoms with Gasteiger partial charge in [0, 0.05) is 16.5 Å². The maximum absolute atomic E-state index is 11.9. The van der Waals surface area contributed by atoms with Crippen LogP contribution in [0.3, 0.4) is 0 Å². The van der Waals surface area contributed by atoms with E-state index < -0.39 is 0 Å². The van der Waals surface area contributed by atoms with Crippen LogP contribution in [0.25, 0.3) is 0 Å². The second-order valence-corrected chi connectivity index (χ2v) is 4.45. The summed E-state index contributed by atoms with van der Waals surface area (Å²) in [5.41, 5.74) is 1.83. The van der Waals surface area contributed by atoms with Crippen molar-refractivity contribution < 1.29 is 4.79 Å². The molecule has 0 bridgehead atoms. The summed E-state index contributed by atoms with van der Waals surface area (Å²) in [6, 6.07) is 5.57. The van der Waals surface area contributed by atoms with Crippen LogP contribution in [-0.2, 0) is 0 Å². The number of Topliss-reactive ketones (excluding diaryl/α,β-unsaturated/α-hetero) is 1. The molecule has 2 rings (SSSR count). The van der Waals surface area contributed by atoms with Gasteiger partial charge in [-0.1, -0.05) is 18.0 Å². The molecule has 2 heteroatoms. The molecule has 1 fully saturated rings. The first kappa shape index (κ1) is 9.72. The van der Waals surface area contributed by atoms with Crippen molar-refractivity contribution >= 4 is 17.4 Å². The number of benzene rings is 1. The third-order valence-corrected chi connectivity index (χ3v) is 3.02. The average Bonchev–Trinajstić information content (AvgIpc) is 1.98. The molecule has 1 aromatic rings. The molecule has 0 amide bonds. The van der Waals surface area contributed by atoms with Gasteiger partial charge in [0.05, 0.1) is 0 Å². The topological polar surface area (TPSA) is 17.1 Å². The van der Waals surface area contributed by atoms with Crippen LogP contribution in [-0.4, -0.2) is 5.78 Å². The lowest BCUT2D eigenvalue weighted by Crippen LogP contribution is -2.21. The van der Waals surface area contributed by atoms with E-state index in [0.29, 0.717) is 5.02 Å². The molecular formula is C12H13ClO. The molecule has 0 heterocycles. The van der Waals surface area contributed by atoms with Crippen LogP contribution in [0.1, 0.15) is 35.2 Å². The van der Waals surface area contributed by atoms with Crippen LogP contribution in [0.2, 0.25) is 5.02 Å². The highest BCUT2D eigenvalue weighted by molar-refractivity contribution is 6.31. The fraction of sp³-hybridized carbons (Fsp3) is 0.417. The molecule has 0 unspecified atom stereocenters. The van der Waals surface area contributed by atoms with Crippen LogP contribution in [0.15, 0.2) is 18.2 Å². The number of carbonyl (C=O) groups excluding carboxylic acids is 1. The number of carbonyl (C=O) groups is 1. The Hall–Kier alpha value is -0.820. The molecule has 1 saturated carbocycles. The molecule has 0 saturated heterocycles. The highest BCUT2D eigenvalue weighted by atomic mass is 35.5. The first-order valence-electron chi connectivity index (χ1n) is 4.98. The second kappa shape index (κ2) is 3.74. The van der Waals surface area contributed by atoms with E-state index in [0.717, 1.165) is 24.0 Å². The lowest BCUT2D eigenvalue weighted by Gasteiger charge is -2.23. The van der Waals surface area contributed by atoms with Crippen molar-refractivity contribution in [2.45, 2.75) is 26.2 Å². The second-order valence-electron chi connectivity index (χ2n) is 4.01. The smallest absolute Gasteiger partial charge is 0.166 e. The Morgan fingerprint density at radius 3 is 2.57 bits per heavy atom. The van der Waals surface area contributed by atoms with Crippen molar-refractivity contribution in [1.82, 2.24) is 0 Å². The van der Waals surface area contributed by atoms with Gasteiger partial charge >= 0.3 is 0 Å². The number of ketones is 1. The van der Waals surface area contributed by atoms with Gasteiger partial charge in [-0.25, -0.2) is 0 Å². The van der Waals surface area contributed by atoms with Crippen LogP contribution in [0.4, 0.5) is 0 Å². The normalized spacial score (nSPS) is 16.4. The number of rotatable bonds is 2. The summed E-state index contributed by atoms with van der Waals surface area (Å²) in [5.74, 6) is 0.523. The first-order chi connectivity index (χ1) is 6.66. The predicted molar refractivity (Wildman–Crippen MR) is 57.9 cm³/mol. The Balaban J connectivity index is 2.26. The molecule has 0 aliphatic heterocycles. The minimum Gasteiger partial charge on any atom is -0.294 e. The summed E-state index contributed by atoms with van der Waals surface area (Å²) in [6.07, 6.45) is 3.28. The molecule has 74 valence electrons. The molecule has 0 radical (unpaired) electrons. The van der Waals surface area contributed by atoms with Crippen molar-refractivity contribution in [2.75, 3.05) is 0 Å². The molecule has 0 spiro atoms. The van der Waals surface area contributed by atoms with Gasteiger partial charge in [-0.3, -0.25) is 4.79 Å². The summed E-state index contributed by atoms with van der Waals surface area (Å²) in [4.78, 5) is 11.9. The van der Waals surface area contributed by atoms with Crippen LogP contribution in [0, 0.1) is 12.8 Å². The van der Waals surface area contributed by atoms with E-state index >= 15 is 0 Å². The molecule has 14 heavy (non-hydrogen) atoms. The quantitative estimate of drug-likeness (QED) is 0.679. The van der Waals surface area contributed by atoms with E-state index in [9.17, 15) is 4.79 Å². The number of halogens is 1. The van der Waals surface area contributed by atoms with E-state index in [2.05, 4.69) is 0 Å². The van der Waals surface area contributed by atoms with Crippen molar-refractivity contribution in [2.24, 2.45) is 5.92 Å². The van der Waals surface area contributed by atoms with E-state index in [4.69, 9.17) is 11.6 Å². The minimum absolute atomic E-state index is 0.257. The highest BCUT2D eigenvalue weighted by Crippen LogP contribution is 2.30. The van der Waals surface area contributed by atoms with Crippen molar-refractivity contribution in [1.29, 1.82) is 0 Å². The fourth-order valence-corrected chi connectivity index (χ4v) is 2.07. The number of hydrogen-bond donors (Lipinski definition) is 0. The van der Waals surface area contributed by atoms with Crippen molar-refractivity contribution in [3.05, 3.63) is 34.3 Å². The number of aryl methyl sites for hydroxylation is 1. The van der Waals surface area contributed by atoms with Gasteiger partial charge in [-0.2, -0.15) is 0 Å². The van der Waals surface area contributed by atoms with E-state index in [1.807, 2.05) is 19.1 Å². The van der Waals surface area contributed by atoms with Crippen LogP contribution >= 0.6 is 11.6 Å². The minimum atomic E-state index is 0.257. The van der Waals surface area contributed by atoms with Gasteiger partial charge in [-0.15, -0.1) is 0 Å². The maximum Gasteiger partial charge on any atom is 0.166 e. The summed E-state index contributed by atoms with van der Waals surface area (Å²) < 4.78 is 0. The Kier molecular flexibility index (Phi) is 2.60. The van der Waals surface area contributed by atoms with Crippen LogP contribution < -0.4 is 0 Å². The van der Waals surface area contributed by atoms with E-state index in [1.54, 1.807) is 6.07 Å². The molecular weight excluding hydrogens is 196 g/mol. The molecule has 0 aromatic heterocycles. The lowest BCUT2D eigenvalue weighted by molar-refractivity contribution is 0.0855. The van der Waals surface area contributed by atoms with Gasteiger partial charge < -0.3 is 0 Å². The molecule has 1 aromatic carbocycles. The summed E-state index contributed by atoms with van der Waals surface area (Å²) in [6.45, 7) is 1.96. The van der Waals surface area contributed by atoms with Gasteiger partial charge in [0.25, 0.3) is 0 Å². The molecule has 0 atom stereocenters. The van der Waals surface area contributed by atoms with Gasteiger partial charge in [0.1, 0.15) is 0 Å². The summed E-state index contributed by atoms with van der Waals surface area (Å²) in [5, 5.41) is 0.660. The third kappa shape index (κ3) is 1.83. The monoisotopic (exact) mass is 208 g/mol.